The first-order valence-electron chi connectivity index (χ1n) is 10.8. The number of carbonyl (C=O) groups excluding carboxylic acids is 1. The van der Waals surface area contributed by atoms with E-state index in [1.54, 1.807) is 16.4 Å². The Morgan fingerprint density at radius 1 is 0.867 bits per heavy atom. The van der Waals surface area contributed by atoms with Crippen LogP contribution in [0.4, 0.5) is 11.4 Å². The molecule has 1 N–H and O–H groups in total. The Labute approximate surface area is 178 Å². The van der Waals surface area contributed by atoms with Crippen molar-refractivity contribution in [2.75, 3.05) is 36.4 Å². The fraction of sp³-hybridized carbons (Fsp3) is 0.435. The predicted octanol–water partition coefficient (Wildman–Crippen LogP) is 3.64. The number of hydrogen-bond donors (Lipinski definition) is 1. The Morgan fingerprint density at radius 2 is 1.50 bits per heavy atom. The Bertz CT molecular complexity index is 977. The molecule has 0 aliphatic carbocycles. The van der Waals surface area contributed by atoms with E-state index in [4.69, 9.17) is 0 Å². The monoisotopic (exact) mass is 427 g/mol. The second-order valence-corrected chi connectivity index (χ2v) is 9.95. The summed E-state index contributed by atoms with van der Waals surface area (Å²) in [4.78, 5) is 15.2. The number of aryl methyl sites for hydroxylation is 1. The Kier molecular flexibility index (Phi) is 6.39. The Balaban J connectivity index is 1.34. The van der Waals surface area contributed by atoms with Crippen molar-refractivity contribution in [2.45, 2.75) is 43.4 Å². The summed E-state index contributed by atoms with van der Waals surface area (Å²) < 4.78 is 26.8. The predicted molar refractivity (Wildman–Crippen MR) is 119 cm³/mol. The van der Waals surface area contributed by atoms with Gasteiger partial charge in [-0.15, -0.1) is 0 Å². The van der Waals surface area contributed by atoms with E-state index < -0.39 is 10.0 Å². The summed E-state index contributed by atoms with van der Waals surface area (Å²) in [5.41, 5.74) is 2.90. The molecule has 4 rings (SSSR count). The summed E-state index contributed by atoms with van der Waals surface area (Å²) in [7, 11) is -3.39. The van der Waals surface area contributed by atoms with Gasteiger partial charge in [0.15, 0.2) is 0 Å². The van der Waals surface area contributed by atoms with E-state index in [1.807, 2.05) is 30.3 Å². The zero-order valence-corrected chi connectivity index (χ0v) is 18.0. The summed E-state index contributed by atoms with van der Waals surface area (Å²) in [6.07, 6.45) is 5.15. The minimum absolute atomic E-state index is 0.0320. The van der Waals surface area contributed by atoms with Crippen LogP contribution >= 0.6 is 0 Å². The molecule has 1 amide bonds. The number of sulfonamides is 1. The van der Waals surface area contributed by atoms with E-state index in [0.717, 1.165) is 42.9 Å². The van der Waals surface area contributed by atoms with Crippen LogP contribution in [0.25, 0.3) is 0 Å². The van der Waals surface area contributed by atoms with Crippen LogP contribution in [-0.2, 0) is 21.2 Å². The number of rotatable bonds is 7. The number of benzene rings is 2. The quantitative estimate of drug-likeness (QED) is 0.732. The van der Waals surface area contributed by atoms with Gasteiger partial charge in [-0.25, -0.2) is 8.42 Å². The van der Waals surface area contributed by atoms with Crippen LogP contribution in [0, 0.1) is 0 Å². The van der Waals surface area contributed by atoms with Gasteiger partial charge in [-0.05, 0) is 61.9 Å². The second kappa shape index (κ2) is 9.18. The van der Waals surface area contributed by atoms with Crippen LogP contribution in [0.3, 0.4) is 0 Å². The van der Waals surface area contributed by atoms with Gasteiger partial charge in [0.05, 0.1) is 16.3 Å². The van der Waals surface area contributed by atoms with E-state index in [2.05, 4.69) is 16.3 Å². The molecule has 2 heterocycles. The maximum atomic E-state index is 12.6. The van der Waals surface area contributed by atoms with Crippen molar-refractivity contribution in [3.05, 3.63) is 54.1 Å². The molecule has 2 aliphatic rings. The SMILES string of the molecule is O=C(CCc1ccc(S(=O)(=O)N2CCCC2)cc1)Nc1ccccc1N1CCCC1. The molecule has 7 heteroatoms. The third-order valence-corrected chi connectivity index (χ3v) is 7.80. The number of hydrogen-bond acceptors (Lipinski definition) is 4. The van der Waals surface area contributed by atoms with Crippen molar-refractivity contribution < 1.29 is 13.2 Å². The topological polar surface area (TPSA) is 69.7 Å². The fourth-order valence-electron chi connectivity index (χ4n) is 4.19. The minimum atomic E-state index is -3.39. The van der Waals surface area contributed by atoms with Gasteiger partial charge in [0.1, 0.15) is 0 Å². The summed E-state index contributed by atoms with van der Waals surface area (Å²) in [5.74, 6) is -0.0320. The number of para-hydroxylation sites is 2. The second-order valence-electron chi connectivity index (χ2n) is 8.01. The molecule has 2 aliphatic heterocycles. The lowest BCUT2D eigenvalue weighted by Gasteiger charge is -2.21. The van der Waals surface area contributed by atoms with Crippen LogP contribution in [0.5, 0.6) is 0 Å². The molecule has 0 radical (unpaired) electrons. The highest BCUT2D eigenvalue weighted by Crippen LogP contribution is 2.29. The van der Waals surface area contributed by atoms with Gasteiger partial charge in [-0.1, -0.05) is 24.3 Å². The van der Waals surface area contributed by atoms with Crippen molar-refractivity contribution in [3.63, 3.8) is 0 Å². The van der Waals surface area contributed by atoms with E-state index in [-0.39, 0.29) is 5.91 Å². The highest BCUT2D eigenvalue weighted by atomic mass is 32.2. The number of carbonyl (C=O) groups is 1. The summed E-state index contributed by atoms with van der Waals surface area (Å²) in [6, 6.07) is 14.9. The molecular weight excluding hydrogens is 398 g/mol. The number of amides is 1. The lowest BCUT2D eigenvalue weighted by atomic mass is 10.1. The maximum absolute atomic E-state index is 12.6. The highest BCUT2D eigenvalue weighted by molar-refractivity contribution is 7.89. The Hall–Kier alpha value is -2.38. The zero-order valence-electron chi connectivity index (χ0n) is 17.2. The van der Waals surface area contributed by atoms with E-state index in [9.17, 15) is 13.2 Å². The molecule has 2 saturated heterocycles. The third-order valence-electron chi connectivity index (χ3n) is 5.89. The first kappa shape index (κ1) is 20.9. The maximum Gasteiger partial charge on any atom is 0.243 e. The van der Waals surface area contributed by atoms with Crippen molar-refractivity contribution >= 4 is 27.3 Å². The molecular formula is C23H29N3O3S. The van der Waals surface area contributed by atoms with Gasteiger partial charge in [0.2, 0.25) is 15.9 Å². The van der Waals surface area contributed by atoms with Crippen LogP contribution in [0.15, 0.2) is 53.4 Å². The van der Waals surface area contributed by atoms with Gasteiger partial charge in [0, 0.05) is 32.6 Å². The molecule has 2 aromatic carbocycles. The van der Waals surface area contributed by atoms with Crippen molar-refractivity contribution in [1.82, 2.24) is 4.31 Å². The standard InChI is InChI=1S/C23H29N3O3S/c27-23(24-21-7-1-2-8-22(21)25-15-3-4-16-25)14-11-19-9-12-20(13-10-19)30(28,29)26-17-5-6-18-26/h1-2,7-10,12-13H,3-6,11,14-18H2,(H,24,27). The molecule has 0 atom stereocenters. The molecule has 0 aromatic heterocycles. The molecule has 0 saturated carbocycles. The smallest absolute Gasteiger partial charge is 0.243 e. The zero-order chi connectivity index (χ0) is 21.0. The number of nitrogens with one attached hydrogen (secondary N) is 1. The largest absolute Gasteiger partial charge is 0.370 e. The van der Waals surface area contributed by atoms with Crippen molar-refractivity contribution in [3.8, 4) is 0 Å². The van der Waals surface area contributed by atoms with E-state index in [1.165, 1.54) is 12.8 Å². The van der Waals surface area contributed by atoms with Crippen LogP contribution in [0.2, 0.25) is 0 Å². The molecule has 2 fully saturated rings. The highest BCUT2D eigenvalue weighted by Gasteiger charge is 2.26. The first-order chi connectivity index (χ1) is 14.5. The van der Waals surface area contributed by atoms with Crippen molar-refractivity contribution in [1.29, 1.82) is 0 Å². The number of anilines is 2. The van der Waals surface area contributed by atoms with Crippen molar-refractivity contribution in [2.24, 2.45) is 0 Å². The lowest BCUT2D eigenvalue weighted by molar-refractivity contribution is -0.116. The van der Waals surface area contributed by atoms with Crippen LogP contribution in [0.1, 0.15) is 37.7 Å². The summed E-state index contributed by atoms with van der Waals surface area (Å²) in [6.45, 7) is 3.26. The minimum Gasteiger partial charge on any atom is -0.370 e. The molecule has 0 spiro atoms. The average Bonchev–Trinajstić information content (AvgIpc) is 3.47. The molecule has 2 aromatic rings. The van der Waals surface area contributed by atoms with E-state index in [0.29, 0.717) is 30.8 Å². The Morgan fingerprint density at radius 3 is 2.20 bits per heavy atom. The molecule has 0 unspecified atom stereocenters. The lowest BCUT2D eigenvalue weighted by Crippen LogP contribution is -2.27. The van der Waals surface area contributed by atoms with Gasteiger partial charge in [-0.3, -0.25) is 4.79 Å². The molecule has 0 bridgehead atoms. The van der Waals surface area contributed by atoms with Crippen LogP contribution in [-0.4, -0.2) is 44.8 Å². The fourth-order valence-corrected chi connectivity index (χ4v) is 5.71. The van der Waals surface area contributed by atoms with E-state index >= 15 is 0 Å². The van der Waals surface area contributed by atoms with Gasteiger partial charge < -0.3 is 10.2 Å². The summed E-state index contributed by atoms with van der Waals surface area (Å²) in [5, 5.41) is 3.05. The van der Waals surface area contributed by atoms with Gasteiger partial charge >= 0.3 is 0 Å². The summed E-state index contributed by atoms with van der Waals surface area (Å²) >= 11 is 0. The normalized spacial score (nSPS) is 17.4. The molecule has 6 nitrogen and oxygen atoms in total. The molecule has 160 valence electrons. The first-order valence-corrected chi connectivity index (χ1v) is 12.2. The molecule has 30 heavy (non-hydrogen) atoms. The van der Waals surface area contributed by atoms with Crippen LogP contribution < -0.4 is 10.2 Å². The number of nitrogens with zero attached hydrogens (tertiary/aromatic N) is 2. The third kappa shape index (κ3) is 4.68. The average molecular weight is 428 g/mol. The van der Waals surface area contributed by atoms with Gasteiger partial charge in [-0.2, -0.15) is 4.31 Å². The van der Waals surface area contributed by atoms with Gasteiger partial charge in [0.25, 0.3) is 0 Å².